The van der Waals surface area contributed by atoms with Crippen molar-refractivity contribution in [3.8, 4) is 0 Å². The maximum atomic E-state index is 11.5. The first-order valence-electron chi connectivity index (χ1n) is 6.43. The van der Waals surface area contributed by atoms with E-state index in [0.29, 0.717) is 24.8 Å². The van der Waals surface area contributed by atoms with Crippen molar-refractivity contribution in [1.29, 1.82) is 0 Å². The molecule has 110 valence electrons. The molecule has 1 aromatic rings. The Hall–Kier alpha value is -0.590. The molecule has 0 unspecified atom stereocenters. The molecule has 0 aliphatic heterocycles. The van der Waals surface area contributed by atoms with Crippen LogP contribution in [0.3, 0.4) is 0 Å². The number of unbranched alkanes of at least 4 members (excludes halogenated alkanes) is 1. The van der Waals surface area contributed by atoms with Crippen LogP contribution >= 0.6 is 10.7 Å². The standard InChI is InChI=1S/C12H21ClN2O3S/c1-4-5-6-18-9-11-12(19(13,16)17)8-15(14-11)7-10(2)3/h8,10H,4-7,9H2,1-3H3. The van der Waals surface area contributed by atoms with Crippen LogP contribution < -0.4 is 0 Å². The van der Waals surface area contributed by atoms with Gasteiger partial charge in [0.2, 0.25) is 0 Å². The van der Waals surface area contributed by atoms with Crippen LogP contribution in [0.5, 0.6) is 0 Å². The quantitative estimate of drug-likeness (QED) is 0.547. The highest BCUT2D eigenvalue weighted by Gasteiger charge is 2.20. The summed E-state index contributed by atoms with van der Waals surface area (Å²) in [5, 5.41) is 4.24. The van der Waals surface area contributed by atoms with Crippen molar-refractivity contribution in [3.05, 3.63) is 11.9 Å². The van der Waals surface area contributed by atoms with Gasteiger partial charge in [0.15, 0.2) is 0 Å². The van der Waals surface area contributed by atoms with Gasteiger partial charge in [0.05, 0.1) is 6.61 Å². The molecule has 0 amide bonds. The minimum Gasteiger partial charge on any atom is -0.375 e. The zero-order valence-electron chi connectivity index (χ0n) is 11.6. The van der Waals surface area contributed by atoms with E-state index in [9.17, 15) is 8.42 Å². The number of halogens is 1. The molecular weight excluding hydrogens is 288 g/mol. The first-order valence-corrected chi connectivity index (χ1v) is 8.74. The molecule has 5 nitrogen and oxygen atoms in total. The summed E-state index contributed by atoms with van der Waals surface area (Å²) in [6.45, 7) is 7.55. The summed E-state index contributed by atoms with van der Waals surface area (Å²) in [5.74, 6) is 0.375. The summed E-state index contributed by atoms with van der Waals surface area (Å²) >= 11 is 0. The molecule has 0 bridgehead atoms. The van der Waals surface area contributed by atoms with Crippen LogP contribution in [0.4, 0.5) is 0 Å². The van der Waals surface area contributed by atoms with E-state index in [1.54, 1.807) is 4.68 Å². The van der Waals surface area contributed by atoms with Crippen molar-refractivity contribution >= 4 is 19.7 Å². The predicted molar refractivity (Wildman–Crippen MR) is 74.7 cm³/mol. The highest BCUT2D eigenvalue weighted by Crippen LogP contribution is 2.20. The smallest absolute Gasteiger partial charge is 0.264 e. The molecule has 7 heteroatoms. The molecule has 0 aliphatic carbocycles. The number of aromatic nitrogens is 2. The topological polar surface area (TPSA) is 61.2 Å². The van der Waals surface area contributed by atoms with Crippen LogP contribution in [0.25, 0.3) is 0 Å². The minimum atomic E-state index is -3.78. The van der Waals surface area contributed by atoms with Gasteiger partial charge >= 0.3 is 0 Å². The first-order chi connectivity index (χ1) is 8.84. The maximum absolute atomic E-state index is 11.5. The fourth-order valence-electron chi connectivity index (χ4n) is 1.63. The Morgan fingerprint density at radius 2 is 2.16 bits per heavy atom. The summed E-state index contributed by atoms with van der Waals surface area (Å²) in [7, 11) is 1.63. The molecule has 0 radical (unpaired) electrons. The van der Waals surface area contributed by atoms with Gasteiger partial charge in [0.1, 0.15) is 10.6 Å². The Morgan fingerprint density at radius 3 is 2.68 bits per heavy atom. The molecule has 0 aromatic carbocycles. The van der Waals surface area contributed by atoms with Crippen LogP contribution in [0.1, 0.15) is 39.3 Å². The molecule has 0 saturated heterocycles. The van der Waals surface area contributed by atoms with Crippen molar-refractivity contribution in [2.24, 2.45) is 5.92 Å². The van der Waals surface area contributed by atoms with E-state index < -0.39 is 9.05 Å². The molecule has 0 spiro atoms. The second-order valence-electron chi connectivity index (χ2n) is 4.90. The molecule has 1 heterocycles. The lowest BCUT2D eigenvalue weighted by atomic mass is 10.2. The van der Waals surface area contributed by atoms with Crippen LogP contribution in [0.2, 0.25) is 0 Å². The molecule has 0 fully saturated rings. The van der Waals surface area contributed by atoms with Crippen LogP contribution in [-0.4, -0.2) is 24.8 Å². The SMILES string of the molecule is CCCCOCc1nn(CC(C)C)cc1S(=O)(=O)Cl. The zero-order valence-corrected chi connectivity index (χ0v) is 13.2. The van der Waals surface area contributed by atoms with Crippen molar-refractivity contribution in [1.82, 2.24) is 9.78 Å². The maximum Gasteiger partial charge on any atom is 0.264 e. The second kappa shape index (κ2) is 7.26. The molecular formula is C12H21ClN2O3S. The summed E-state index contributed by atoms with van der Waals surface area (Å²) in [6.07, 6.45) is 3.44. The van der Waals surface area contributed by atoms with Crippen LogP contribution in [-0.2, 0) is 26.9 Å². The van der Waals surface area contributed by atoms with Gasteiger partial charge in [-0.1, -0.05) is 27.2 Å². The van der Waals surface area contributed by atoms with Crippen molar-refractivity contribution < 1.29 is 13.2 Å². The van der Waals surface area contributed by atoms with Crippen molar-refractivity contribution in [2.45, 2.75) is 51.7 Å². The van der Waals surface area contributed by atoms with Gasteiger partial charge < -0.3 is 4.74 Å². The van der Waals surface area contributed by atoms with Gasteiger partial charge in [0, 0.05) is 30.0 Å². The fraction of sp³-hybridized carbons (Fsp3) is 0.750. The number of ether oxygens (including phenoxy) is 1. The van der Waals surface area contributed by atoms with Gasteiger partial charge in [-0.15, -0.1) is 0 Å². The van der Waals surface area contributed by atoms with Gasteiger partial charge in [-0.3, -0.25) is 4.68 Å². The van der Waals surface area contributed by atoms with Gasteiger partial charge in [0.25, 0.3) is 9.05 Å². The number of hydrogen-bond acceptors (Lipinski definition) is 4. The summed E-state index contributed by atoms with van der Waals surface area (Å²) in [5.41, 5.74) is 0.381. The van der Waals surface area contributed by atoms with Gasteiger partial charge in [-0.25, -0.2) is 8.42 Å². The Morgan fingerprint density at radius 1 is 1.47 bits per heavy atom. The lowest BCUT2D eigenvalue weighted by molar-refractivity contribution is 0.113. The molecule has 0 N–H and O–H groups in total. The molecule has 1 aromatic heterocycles. The predicted octanol–water partition coefficient (Wildman–Crippen LogP) is 2.78. The minimum absolute atomic E-state index is 0.0475. The van der Waals surface area contributed by atoms with E-state index in [-0.39, 0.29) is 11.5 Å². The molecule has 0 saturated carbocycles. The zero-order chi connectivity index (χ0) is 14.5. The summed E-state index contributed by atoms with van der Waals surface area (Å²) in [6, 6.07) is 0. The van der Waals surface area contributed by atoms with Crippen molar-refractivity contribution in [3.63, 3.8) is 0 Å². The Kier molecular flexibility index (Phi) is 6.29. The normalized spacial score (nSPS) is 12.3. The van der Waals surface area contributed by atoms with Crippen LogP contribution in [0.15, 0.2) is 11.1 Å². The van der Waals surface area contributed by atoms with Crippen molar-refractivity contribution in [2.75, 3.05) is 6.61 Å². The van der Waals surface area contributed by atoms with E-state index in [2.05, 4.69) is 12.0 Å². The Labute approximate surface area is 119 Å². The second-order valence-corrected chi connectivity index (χ2v) is 7.43. The van der Waals surface area contributed by atoms with E-state index in [0.717, 1.165) is 12.8 Å². The summed E-state index contributed by atoms with van der Waals surface area (Å²) in [4.78, 5) is 0.0475. The number of rotatable bonds is 8. The lowest BCUT2D eigenvalue weighted by Gasteiger charge is -2.04. The van der Waals surface area contributed by atoms with E-state index in [1.807, 2.05) is 13.8 Å². The van der Waals surface area contributed by atoms with Crippen LogP contribution in [0, 0.1) is 5.92 Å². The summed E-state index contributed by atoms with van der Waals surface area (Å²) < 4.78 is 30.0. The Balaban J connectivity index is 2.84. The Bertz CT molecular complexity index is 497. The van der Waals surface area contributed by atoms with E-state index in [1.165, 1.54) is 6.20 Å². The van der Waals surface area contributed by atoms with E-state index >= 15 is 0 Å². The third-order valence-electron chi connectivity index (χ3n) is 2.50. The fourth-order valence-corrected chi connectivity index (χ4v) is 2.65. The van der Waals surface area contributed by atoms with Gasteiger partial charge in [-0.05, 0) is 12.3 Å². The lowest BCUT2D eigenvalue weighted by Crippen LogP contribution is -2.05. The molecule has 19 heavy (non-hydrogen) atoms. The number of hydrogen-bond donors (Lipinski definition) is 0. The monoisotopic (exact) mass is 308 g/mol. The third-order valence-corrected chi connectivity index (χ3v) is 3.86. The molecule has 0 atom stereocenters. The number of nitrogens with zero attached hydrogens (tertiary/aromatic N) is 2. The largest absolute Gasteiger partial charge is 0.375 e. The highest BCUT2D eigenvalue weighted by atomic mass is 35.7. The molecule has 0 aliphatic rings. The highest BCUT2D eigenvalue weighted by molar-refractivity contribution is 8.13. The van der Waals surface area contributed by atoms with Gasteiger partial charge in [-0.2, -0.15) is 5.10 Å². The average molecular weight is 309 g/mol. The average Bonchev–Trinajstić information content (AvgIpc) is 2.66. The van der Waals surface area contributed by atoms with E-state index in [4.69, 9.17) is 15.4 Å². The third kappa shape index (κ3) is 5.50. The first kappa shape index (κ1) is 16.5. The molecule has 1 rings (SSSR count).